The topological polar surface area (TPSA) is 141 Å². The Balaban J connectivity index is 0. The Morgan fingerprint density at radius 2 is 1.56 bits per heavy atom. The SMILES string of the molecule is CC(C(=O)O)N(C)C.NC(CCC(=O)O)C(=O)O. The molecular formula is C10H20N2O6. The van der Waals surface area contributed by atoms with Crippen molar-refractivity contribution in [1.29, 1.82) is 0 Å². The van der Waals surface area contributed by atoms with Gasteiger partial charge in [0, 0.05) is 6.42 Å². The van der Waals surface area contributed by atoms with E-state index in [9.17, 15) is 14.4 Å². The van der Waals surface area contributed by atoms with E-state index < -0.39 is 23.9 Å². The van der Waals surface area contributed by atoms with Crippen molar-refractivity contribution in [2.24, 2.45) is 5.73 Å². The van der Waals surface area contributed by atoms with Crippen molar-refractivity contribution < 1.29 is 29.7 Å². The van der Waals surface area contributed by atoms with Crippen molar-refractivity contribution >= 4 is 17.9 Å². The quantitative estimate of drug-likeness (QED) is 0.492. The van der Waals surface area contributed by atoms with Crippen LogP contribution >= 0.6 is 0 Å². The largest absolute Gasteiger partial charge is 0.481 e. The zero-order valence-corrected chi connectivity index (χ0v) is 10.7. The third kappa shape index (κ3) is 10.8. The molecule has 0 amide bonds. The van der Waals surface area contributed by atoms with Crippen LogP contribution in [-0.4, -0.2) is 64.3 Å². The van der Waals surface area contributed by atoms with Gasteiger partial charge in [0.2, 0.25) is 0 Å². The van der Waals surface area contributed by atoms with Gasteiger partial charge in [0.15, 0.2) is 0 Å². The molecule has 2 atom stereocenters. The van der Waals surface area contributed by atoms with Crippen molar-refractivity contribution in [3.05, 3.63) is 0 Å². The van der Waals surface area contributed by atoms with Crippen LogP contribution < -0.4 is 5.73 Å². The fourth-order valence-electron chi connectivity index (χ4n) is 0.623. The summed E-state index contributed by atoms with van der Waals surface area (Å²) in [6.07, 6.45) is -0.224. The molecule has 0 fully saturated rings. The average Bonchev–Trinajstić information content (AvgIpc) is 2.24. The molecule has 0 aliphatic carbocycles. The van der Waals surface area contributed by atoms with E-state index in [0.29, 0.717) is 0 Å². The molecule has 0 aromatic rings. The van der Waals surface area contributed by atoms with Gasteiger partial charge in [0.1, 0.15) is 12.1 Å². The molecule has 0 saturated carbocycles. The van der Waals surface area contributed by atoms with Gasteiger partial charge >= 0.3 is 17.9 Å². The Labute approximate surface area is 105 Å². The van der Waals surface area contributed by atoms with Crippen molar-refractivity contribution in [1.82, 2.24) is 4.90 Å². The van der Waals surface area contributed by atoms with Crippen LogP contribution in [0.2, 0.25) is 0 Å². The first kappa shape index (κ1) is 18.7. The number of carbonyl (C=O) groups is 3. The summed E-state index contributed by atoms with van der Waals surface area (Å²) in [4.78, 5) is 31.6. The first-order valence-corrected chi connectivity index (χ1v) is 5.19. The van der Waals surface area contributed by atoms with Gasteiger partial charge in [0.05, 0.1) is 0 Å². The van der Waals surface area contributed by atoms with E-state index in [1.807, 2.05) is 0 Å². The lowest BCUT2D eigenvalue weighted by Crippen LogP contribution is -2.32. The van der Waals surface area contributed by atoms with E-state index in [1.54, 1.807) is 25.9 Å². The number of carboxylic acid groups (broad SMARTS) is 3. The zero-order valence-electron chi connectivity index (χ0n) is 10.7. The Morgan fingerprint density at radius 1 is 1.11 bits per heavy atom. The number of carboxylic acids is 3. The van der Waals surface area contributed by atoms with Crippen LogP contribution in [0.25, 0.3) is 0 Å². The molecule has 0 heterocycles. The molecule has 5 N–H and O–H groups in total. The highest BCUT2D eigenvalue weighted by atomic mass is 16.4. The normalized spacial score (nSPS) is 13.2. The van der Waals surface area contributed by atoms with Gasteiger partial charge in [-0.15, -0.1) is 0 Å². The summed E-state index contributed by atoms with van der Waals surface area (Å²) in [6, 6.07) is -1.44. The lowest BCUT2D eigenvalue weighted by Gasteiger charge is -2.13. The highest BCUT2D eigenvalue weighted by molar-refractivity contribution is 5.74. The molecule has 0 spiro atoms. The standard InChI is InChI=1S/C5H9NO4.C5H11NO2/c6-3(5(9)10)1-2-4(7)8;1-4(5(7)8)6(2)3/h3H,1-2,6H2,(H,7,8)(H,9,10);4H,1-3H3,(H,7,8). The summed E-state index contributed by atoms with van der Waals surface area (Å²) in [6.45, 7) is 1.64. The smallest absolute Gasteiger partial charge is 0.320 e. The van der Waals surface area contributed by atoms with E-state index in [4.69, 9.17) is 21.1 Å². The second kappa shape index (κ2) is 9.37. The minimum absolute atomic E-state index is 0.0231. The summed E-state index contributed by atoms with van der Waals surface area (Å²) >= 11 is 0. The molecule has 0 aliphatic rings. The molecule has 0 saturated heterocycles. The zero-order chi connectivity index (χ0) is 14.9. The molecule has 8 heteroatoms. The molecule has 0 rings (SSSR count). The molecule has 8 nitrogen and oxygen atoms in total. The molecule has 106 valence electrons. The third-order valence-corrected chi connectivity index (χ3v) is 2.12. The highest BCUT2D eigenvalue weighted by Crippen LogP contribution is 1.93. The minimum atomic E-state index is -1.17. The lowest BCUT2D eigenvalue weighted by molar-refractivity contribution is -0.142. The Hall–Kier alpha value is -1.67. The number of likely N-dealkylation sites (N-methyl/N-ethyl adjacent to an activating group) is 1. The number of rotatable bonds is 6. The summed E-state index contributed by atoms with van der Waals surface area (Å²) in [5.41, 5.74) is 5.00. The van der Waals surface area contributed by atoms with Gasteiger partial charge in [-0.2, -0.15) is 0 Å². The van der Waals surface area contributed by atoms with Crippen LogP contribution in [-0.2, 0) is 14.4 Å². The summed E-state index contributed by atoms with van der Waals surface area (Å²) in [5, 5.41) is 24.6. The predicted octanol–water partition coefficient (Wildman–Crippen LogP) is -0.716. The maximum Gasteiger partial charge on any atom is 0.320 e. The van der Waals surface area contributed by atoms with Crippen LogP contribution in [0.4, 0.5) is 0 Å². The number of hydrogen-bond acceptors (Lipinski definition) is 5. The second-order valence-electron chi connectivity index (χ2n) is 3.85. The summed E-state index contributed by atoms with van der Waals surface area (Å²) in [7, 11) is 3.47. The van der Waals surface area contributed by atoms with Crippen molar-refractivity contribution in [3.8, 4) is 0 Å². The van der Waals surface area contributed by atoms with Crippen LogP contribution in [0.15, 0.2) is 0 Å². The molecule has 0 aromatic carbocycles. The number of aliphatic carboxylic acids is 3. The predicted molar refractivity (Wildman–Crippen MR) is 63.3 cm³/mol. The fraction of sp³-hybridized carbons (Fsp3) is 0.700. The number of nitrogens with two attached hydrogens (primary N) is 1. The molecule has 2 unspecified atom stereocenters. The Kier molecular flexibility index (Phi) is 9.73. The van der Waals surface area contributed by atoms with Gasteiger partial charge in [-0.1, -0.05) is 0 Å². The molecule has 0 aliphatic heterocycles. The van der Waals surface area contributed by atoms with Crippen LogP contribution in [0.1, 0.15) is 19.8 Å². The van der Waals surface area contributed by atoms with Crippen molar-refractivity contribution in [2.45, 2.75) is 31.8 Å². The highest BCUT2D eigenvalue weighted by Gasteiger charge is 2.12. The van der Waals surface area contributed by atoms with Crippen molar-refractivity contribution in [2.75, 3.05) is 14.1 Å². The summed E-state index contributed by atoms with van der Waals surface area (Å²) < 4.78 is 0. The Morgan fingerprint density at radius 3 is 1.72 bits per heavy atom. The average molecular weight is 264 g/mol. The third-order valence-electron chi connectivity index (χ3n) is 2.12. The molecule has 0 aromatic heterocycles. The van der Waals surface area contributed by atoms with Crippen LogP contribution in [0.5, 0.6) is 0 Å². The Bertz CT molecular complexity index is 292. The van der Waals surface area contributed by atoms with E-state index >= 15 is 0 Å². The first-order valence-electron chi connectivity index (χ1n) is 5.19. The molecule has 0 bridgehead atoms. The number of nitrogens with zero attached hydrogens (tertiary/aromatic N) is 1. The molecular weight excluding hydrogens is 244 g/mol. The van der Waals surface area contributed by atoms with Gasteiger partial charge < -0.3 is 21.1 Å². The van der Waals surface area contributed by atoms with E-state index in [2.05, 4.69) is 0 Å². The van der Waals surface area contributed by atoms with Gasteiger partial charge in [-0.05, 0) is 27.4 Å². The minimum Gasteiger partial charge on any atom is -0.481 e. The first-order chi connectivity index (χ1) is 8.09. The number of hydrogen-bond donors (Lipinski definition) is 4. The maximum absolute atomic E-state index is 10.1. The van der Waals surface area contributed by atoms with E-state index in [1.165, 1.54) is 0 Å². The lowest BCUT2D eigenvalue weighted by atomic mass is 10.2. The van der Waals surface area contributed by atoms with Crippen molar-refractivity contribution in [3.63, 3.8) is 0 Å². The summed E-state index contributed by atoms with van der Waals surface area (Å²) in [5.74, 6) is -2.98. The van der Waals surface area contributed by atoms with Gasteiger partial charge in [0.25, 0.3) is 0 Å². The second-order valence-corrected chi connectivity index (χ2v) is 3.85. The monoisotopic (exact) mass is 264 g/mol. The van der Waals surface area contributed by atoms with Gasteiger partial charge in [-0.3, -0.25) is 19.3 Å². The van der Waals surface area contributed by atoms with E-state index in [-0.39, 0.29) is 18.9 Å². The van der Waals surface area contributed by atoms with Gasteiger partial charge in [-0.25, -0.2) is 0 Å². The maximum atomic E-state index is 10.1. The van der Waals surface area contributed by atoms with Crippen LogP contribution in [0, 0.1) is 0 Å². The molecule has 18 heavy (non-hydrogen) atoms. The fourth-order valence-corrected chi connectivity index (χ4v) is 0.623. The van der Waals surface area contributed by atoms with E-state index in [0.717, 1.165) is 0 Å². The van der Waals surface area contributed by atoms with Crippen LogP contribution in [0.3, 0.4) is 0 Å². The molecule has 0 radical (unpaired) electrons.